The Hall–Kier alpha value is -1.66. The van der Waals surface area contributed by atoms with Crippen molar-refractivity contribution < 1.29 is 4.79 Å². The number of rotatable bonds is 4. The van der Waals surface area contributed by atoms with Crippen molar-refractivity contribution in [2.45, 2.75) is 52.9 Å². The summed E-state index contributed by atoms with van der Waals surface area (Å²) in [6.07, 6.45) is 1.89. The van der Waals surface area contributed by atoms with Gasteiger partial charge in [0.15, 0.2) is 0 Å². The SMILES string of the molecule is Cc1ccsc1CN1CCn2cc(C(=O)NC(C)C)nc2[C@H]1C. The van der Waals surface area contributed by atoms with Crippen LogP contribution in [0.15, 0.2) is 17.6 Å². The highest BCUT2D eigenvalue weighted by atomic mass is 32.1. The Kier molecular flexibility index (Phi) is 4.55. The molecule has 1 aliphatic heterocycles. The van der Waals surface area contributed by atoms with Gasteiger partial charge in [-0.15, -0.1) is 11.3 Å². The molecule has 0 unspecified atom stereocenters. The number of carbonyl (C=O) groups excluding carboxylic acids is 1. The molecular formula is C17H24N4OS. The second-order valence-electron chi connectivity index (χ2n) is 6.48. The molecule has 0 aliphatic carbocycles. The van der Waals surface area contributed by atoms with Crippen LogP contribution in [0.2, 0.25) is 0 Å². The largest absolute Gasteiger partial charge is 0.348 e. The number of aryl methyl sites for hydroxylation is 1. The monoisotopic (exact) mass is 332 g/mol. The van der Waals surface area contributed by atoms with E-state index < -0.39 is 0 Å². The molecule has 23 heavy (non-hydrogen) atoms. The van der Waals surface area contributed by atoms with Crippen LogP contribution in [0.3, 0.4) is 0 Å². The van der Waals surface area contributed by atoms with Gasteiger partial charge in [-0.25, -0.2) is 4.98 Å². The molecule has 0 saturated carbocycles. The van der Waals surface area contributed by atoms with Gasteiger partial charge in [0.25, 0.3) is 5.91 Å². The highest BCUT2D eigenvalue weighted by Crippen LogP contribution is 2.28. The Morgan fingerprint density at radius 1 is 1.48 bits per heavy atom. The van der Waals surface area contributed by atoms with Crippen molar-refractivity contribution in [3.63, 3.8) is 0 Å². The second-order valence-corrected chi connectivity index (χ2v) is 7.48. The van der Waals surface area contributed by atoms with E-state index in [2.05, 4.69) is 45.1 Å². The lowest BCUT2D eigenvalue weighted by molar-refractivity contribution is 0.0938. The van der Waals surface area contributed by atoms with E-state index in [1.165, 1.54) is 10.4 Å². The third-order valence-electron chi connectivity index (χ3n) is 4.32. The highest BCUT2D eigenvalue weighted by molar-refractivity contribution is 7.10. The molecule has 6 heteroatoms. The fourth-order valence-corrected chi connectivity index (χ4v) is 3.88. The van der Waals surface area contributed by atoms with Crippen molar-refractivity contribution in [2.75, 3.05) is 6.54 Å². The van der Waals surface area contributed by atoms with E-state index >= 15 is 0 Å². The third-order valence-corrected chi connectivity index (χ3v) is 5.33. The maximum Gasteiger partial charge on any atom is 0.271 e. The van der Waals surface area contributed by atoms with Crippen molar-refractivity contribution in [3.8, 4) is 0 Å². The molecule has 1 amide bonds. The van der Waals surface area contributed by atoms with Crippen LogP contribution in [0, 0.1) is 6.92 Å². The first-order valence-corrected chi connectivity index (χ1v) is 8.98. The Morgan fingerprint density at radius 2 is 2.26 bits per heavy atom. The van der Waals surface area contributed by atoms with E-state index in [0.29, 0.717) is 5.69 Å². The van der Waals surface area contributed by atoms with E-state index in [-0.39, 0.29) is 18.0 Å². The van der Waals surface area contributed by atoms with Crippen LogP contribution >= 0.6 is 11.3 Å². The van der Waals surface area contributed by atoms with Crippen molar-refractivity contribution in [1.82, 2.24) is 19.8 Å². The van der Waals surface area contributed by atoms with E-state index in [1.807, 2.05) is 31.4 Å². The molecule has 0 fully saturated rings. The van der Waals surface area contributed by atoms with Gasteiger partial charge in [-0.2, -0.15) is 0 Å². The summed E-state index contributed by atoms with van der Waals surface area (Å²) in [6, 6.07) is 2.51. The summed E-state index contributed by atoms with van der Waals surface area (Å²) in [5.41, 5.74) is 1.88. The average Bonchev–Trinajstić information content (AvgIpc) is 3.08. The minimum Gasteiger partial charge on any atom is -0.348 e. The molecule has 124 valence electrons. The molecule has 1 atom stereocenters. The van der Waals surface area contributed by atoms with Gasteiger partial charge in [-0.1, -0.05) is 0 Å². The lowest BCUT2D eigenvalue weighted by atomic mass is 10.2. The summed E-state index contributed by atoms with van der Waals surface area (Å²) in [5.74, 6) is 0.897. The average molecular weight is 332 g/mol. The van der Waals surface area contributed by atoms with Crippen LogP contribution in [0.25, 0.3) is 0 Å². The zero-order valence-corrected chi connectivity index (χ0v) is 15.0. The smallest absolute Gasteiger partial charge is 0.271 e. The number of carbonyl (C=O) groups is 1. The minimum atomic E-state index is -0.0882. The number of thiophene rings is 1. The predicted octanol–water partition coefficient (Wildman–Crippen LogP) is 2.97. The fourth-order valence-electron chi connectivity index (χ4n) is 2.95. The van der Waals surface area contributed by atoms with Gasteiger partial charge in [-0.05, 0) is 44.7 Å². The minimum absolute atomic E-state index is 0.0882. The molecule has 2 aromatic rings. The van der Waals surface area contributed by atoms with E-state index in [9.17, 15) is 4.79 Å². The van der Waals surface area contributed by atoms with Crippen molar-refractivity contribution in [1.29, 1.82) is 0 Å². The van der Waals surface area contributed by atoms with Crippen LogP contribution in [0.4, 0.5) is 0 Å². The molecule has 2 aromatic heterocycles. The Balaban J connectivity index is 1.77. The van der Waals surface area contributed by atoms with Gasteiger partial charge in [0.05, 0.1) is 6.04 Å². The maximum absolute atomic E-state index is 12.2. The van der Waals surface area contributed by atoms with Crippen molar-refractivity contribution in [2.24, 2.45) is 0 Å². The summed E-state index contributed by atoms with van der Waals surface area (Å²) in [4.78, 5) is 20.6. The molecule has 1 aliphatic rings. The standard InChI is InChI=1S/C17H24N4OS/c1-11(2)18-17(22)14-9-21-7-6-20(13(4)16(21)19-14)10-15-12(3)5-8-23-15/h5,8-9,11,13H,6-7,10H2,1-4H3,(H,18,22)/t13-/m1/s1. The molecule has 0 aromatic carbocycles. The molecule has 0 spiro atoms. The summed E-state index contributed by atoms with van der Waals surface area (Å²) in [7, 11) is 0. The second kappa shape index (κ2) is 6.45. The number of fused-ring (bicyclic) bond motifs is 1. The molecule has 3 heterocycles. The van der Waals surface area contributed by atoms with Crippen LogP contribution in [-0.2, 0) is 13.1 Å². The Labute approximate surface area is 141 Å². The van der Waals surface area contributed by atoms with E-state index in [4.69, 9.17) is 0 Å². The first-order valence-electron chi connectivity index (χ1n) is 8.10. The van der Waals surface area contributed by atoms with Crippen LogP contribution in [0.5, 0.6) is 0 Å². The Bertz CT molecular complexity index is 703. The van der Waals surface area contributed by atoms with Crippen molar-refractivity contribution in [3.05, 3.63) is 39.6 Å². The van der Waals surface area contributed by atoms with Gasteiger partial charge in [0, 0.05) is 36.8 Å². The number of aromatic nitrogens is 2. The summed E-state index contributed by atoms with van der Waals surface area (Å²) >= 11 is 1.81. The van der Waals surface area contributed by atoms with Gasteiger partial charge >= 0.3 is 0 Å². The van der Waals surface area contributed by atoms with Crippen LogP contribution in [0.1, 0.15) is 53.6 Å². The van der Waals surface area contributed by atoms with Gasteiger partial charge < -0.3 is 9.88 Å². The number of nitrogens with zero attached hydrogens (tertiary/aromatic N) is 3. The van der Waals surface area contributed by atoms with Crippen molar-refractivity contribution >= 4 is 17.2 Å². The Morgan fingerprint density at radius 3 is 2.91 bits per heavy atom. The van der Waals surface area contributed by atoms with Gasteiger partial charge in [0.1, 0.15) is 11.5 Å². The van der Waals surface area contributed by atoms with Gasteiger partial charge in [-0.3, -0.25) is 9.69 Å². The molecule has 1 N–H and O–H groups in total. The van der Waals surface area contributed by atoms with E-state index in [1.54, 1.807) is 0 Å². The highest BCUT2D eigenvalue weighted by Gasteiger charge is 2.28. The zero-order valence-electron chi connectivity index (χ0n) is 14.2. The lowest BCUT2D eigenvalue weighted by Gasteiger charge is -2.33. The number of amides is 1. The maximum atomic E-state index is 12.2. The van der Waals surface area contributed by atoms with Crippen LogP contribution < -0.4 is 5.32 Å². The fraction of sp³-hybridized carbons (Fsp3) is 0.529. The third kappa shape index (κ3) is 3.33. The molecular weight excluding hydrogens is 308 g/mol. The quantitative estimate of drug-likeness (QED) is 0.936. The van der Waals surface area contributed by atoms with Gasteiger partial charge in [0.2, 0.25) is 0 Å². The number of hydrogen-bond donors (Lipinski definition) is 1. The lowest BCUT2D eigenvalue weighted by Crippen LogP contribution is -2.36. The predicted molar refractivity (Wildman–Crippen MR) is 92.7 cm³/mol. The summed E-state index contributed by atoms with van der Waals surface area (Å²) in [6.45, 7) is 11.1. The topological polar surface area (TPSA) is 50.2 Å². The first kappa shape index (κ1) is 16.2. The summed E-state index contributed by atoms with van der Waals surface area (Å²) in [5, 5.41) is 5.06. The molecule has 0 bridgehead atoms. The molecule has 3 rings (SSSR count). The summed E-state index contributed by atoms with van der Waals surface area (Å²) < 4.78 is 2.12. The number of hydrogen-bond acceptors (Lipinski definition) is 4. The first-order chi connectivity index (χ1) is 11.0. The molecule has 5 nitrogen and oxygen atoms in total. The normalized spacial score (nSPS) is 18.2. The molecule has 0 radical (unpaired) electrons. The number of imidazole rings is 1. The van der Waals surface area contributed by atoms with E-state index in [0.717, 1.165) is 25.5 Å². The zero-order chi connectivity index (χ0) is 16.6. The van der Waals surface area contributed by atoms with Crippen LogP contribution in [-0.4, -0.2) is 32.9 Å². The molecule has 0 saturated heterocycles. The number of nitrogens with one attached hydrogen (secondary N) is 1.